The van der Waals surface area contributed by atoms with Crippen molar-refractivity contribution in [3.63, 3.8) is 0 Å². The summed E-state index contributed by atoms with van der Waals surface area (Å²) >= 11 is 6.05. The smallest absolute Gasteiger partial charge is 0.240 e. The van der Waals surface area contributed by atoms with Crippen molar-refractivity contribution < 1.29 is 13.2 Å². The number of rotatable bonds is 8. The van der Waals surface area contributed by atoms with E-state index in [4.69, 9.17) is 11.6 Å². The van der Waals surface area contributed by atoms with Gasteiger partial charge in [0.1, 0.15) is 6.54 Å². The van der Waals surface area contributed by atoms with Gasteiger partial charge in [0.25, 0.3) is 0 Å². The molecule has 0 heterocycles. The predicted molar refractivity (Wildman–Crippen MR) is 94.6 cm³/mol. The highest BCUT2D eigenvalue weighted by molar-refractivity contribution is 7.92. The summed E-state index contributed by atoms with van der Waals surface area (Å²) in [5, 5.41) is 3.20. The topological polar surface area (TPSA) is 69.7 Å². The van der Waals surface area contributed by atoms with E-state index in [1.165, 1.54) is 0 Å². The number of carbonyl (C=O) groups is 1. The lowest BCUT2D eigenvalue weighted by atomic mass is 10.2. The molecule has 0 aromatic heterocycles. The molecule has 0 aliphatic carbocycles. The van der Waals surface area contributed by atoms with Crippen LogP contribution in [0.15, 0.2) is 18.2 Å². The first-order valence-corrected chi connectivity index (χ1v) is 9.50. The van der Waals surface area contributed by atoms with Gasteiger partial charge in [-0.25, -0.2) is 8.42 Å². The summed E-state index contributed by atoms with van der Waals surface area (Å²) in [6.07, 6.45) is 1.88. The summed E-state index contributed by atoms with van der Waals surface area (Å²) in [4.78, 5) is 14.1. The van der Waals surface area contributed by atoms with Crippen LogP contribution >= 0.6 is 11.6 Å². The number of anilines is 1. The maximum absolute atomic E-state index is 12.1. The van der Waals surface area contributed by atoms with Crippen LogP contribution in [0.2, 0.25) is 5.02 Å². The van der Waals surface area contributed by atoms with Gasteiger partial charge in [0.2, 0.25) is 15.9 Å². The van der Waals surface area contributed by atoms with Crippen LogP contribution < -0.4 is 9.62 Å². The van der Waals surface area contributed by atoms with E-state index in [2.05, 4.69) is 5.32 Å². The third-order valence-electron chi connectivity index (χ3n) is 3.30. The molecular formula is C15H24ClN3O3S. The molecule has 1 N–H and O–H groups in total. The molecule has 23 heavy (non-hydrogen) atoms. The fourth-order valence-electron chi connectivity index (χ4n) is 2.06. The minimum Gasteiger partial charge on any atom is -0.354 e. The van der Waals surface area contributed by atoms with Gasteiger partial charge in [-0.05, 0) is 51.7 Å². The second kappa shape index (κ2) is 8.52. The quantitative estimate of drug-likeness (QED) is 0.712. The summed E-state index contributed by atoms with van der Waals surface area (Å²) in [5.74, 6) is -0.339. The Bertz CT molecular complexity index is 647. The first-order valence-electron chi connectivity index (χ1n) is 7.27. The van der Waals surface area contributed by atoms with E-state index >= 15 is 0 Å². The van der Waals surface area contributed by atoms with Crippen molar-refractivity contribution in [2.24, 2.45) is 0 Å². The molecule has 1 aromatic carbocycles. The molecular weight excluding hydrogens is 338 g/mol. The Labute approximate surface area is 143 Å². The van der Waals surface area contributed by atoms with Crippen LogP contribution in [-0.4, -0.2) is 59.2 Å². The number of carbonyl (C=O) groups excluding carboxylic acids is 1. The summed E-state index contributed by atoms with van der Waals surface area (Å²) in [6.45, 7) is 2.82. The monoisotopic (exact) mass is 361 g/mol. The van der Waals surface area contributed by atoms with Gasteiger partial charge in [-0.15, -0.1) is 0 Å². The largest absolute Gasteiger partial charge is 0.354 e. The van der Waals surface area contributed by atoms with Crippen LogP contribution in [0.1, 0.15) is 12.0 Å². The zero-order chi connectivity index (χ0) is 17.6. The molecule has 6 nitrogen and oxygen atoms in total. The Kier molecular flexibility index (Phi) is 7.31. The average Bonchev–Trinajstić information content (AvgIpc) is 2.43. The Morgan fingerprint density at radius 3 is 2.52 bits per heavy atom. The normalized spacial score (nSPS) is 11.6. The highest BCUT2D eigenvalue weighted by Crippen LogP contribution is 2.27. The van der Waals surface area contributed by atoms with Crippen molar-refractivity contribution in [1.29, 1.82) is 0 Å². The van der Waals surface area contributed by atoms with Gasteiger partial charge in [0.05, 0.1) is 11.9 Å². The Hall–Kier alpha value is -1.31. The van der Waals surface area contributed by atoms with Crippen molar-refractivity contribution in [2.45, 2.75) is 13.3 Å². The molecule has 0 bridgehead atoms. The standard InChI is InChI=1S/C15H24ClN3O3S/c1-12-13(16)7-5-8-14(12)19(23(4,21)22)11-15(20)17-9-6-10-18(2)3/h5,7-8H,6,9-11H2,1-4H3,(H,17,20). The molecule has 0 saturated heterocycles. The van der Waals surface area contributed by atoms with Crippen LogP contribution in [-0.2, 0) is 14.8 Å². The summed E-state index contributed by atoms with van der Waals surface area (Å²) in [5.41, 5.74) is 1.04. The fourth-order valence-corrected chi connectivity index (χ4v) is 3.13. The Balaban J connectivity index is 2.81. The highest BCUT2D eigenvalue weighted by atomic mass is 35.5. The van der Waals surface area contributed by atoms with Crippen molar-refractivity contribution in [2.75, 3.05) is 44.3 Å². The molecule has 1 amide bonds. The number of hydrogen-bond acceptors (Lipinski definition) is 4. The zero-order valence-electron chi connectivity index (χ0n) is 14.0. The molecule has 0 aliphatic heterocycles. The number of benzene rings is 1. The first kappa shape index (κ1) is 19.7. The van der Waals surface area contributed by atoms with Crippen molar-refractivity contribution in [3.05, 3.63) is 28.8 Å². The van der Waals surface area contributed by atoms with E-state index in [-0.39, 0.29) is 12.5 Å². The SMILES string of the molecule is Cc1c(Cl)cccc1N(CC(=O)NCCCN(C)C)S(C)(=O)=O. The van der Waals surface area contributed by atoms with Crippen LogP contribution in [0.25, 0.3) is 0 Å². The van der Waals surface area contributed by atoms with Gasteiger partial charge in [0.15, 0.2) is 0 Å². The van der Waals surface area contributed by atoms with E-state index in [9.17, 15) is 13.2 Å². The summed E-state index contributed by atoms with van der Waals surface area (Å²) in [6, 6.07) is 4.99. The number of sulfonamides is 1. The average molecular weight is 362 g/mol. The third-order valence-corrected chi connectivity index (χ3v) is 4.84. The lowest BCUT2D eigenvalue weighted by Crippen LogP contribution is -2.41. The zero-order valence-corrected chi connectivity index (χ0v) is 15.5. The van der Waals surface area contributed by atoms with Gasteiger partial charge in [0, 0.05) is 11.6 Å². The third kappa shape index (κ3) is 6.37. The summed E-state index contributed by atoms with van der Waals surface area (Å²) < 4.78 is 25.2. The van der Waals surface area contributed by atoms with E-state index in [1.807, 2.05) is 19.0 Å². The van der Waals surface area contributed by atoms with Crippen molar-refractivity contribution >= 4 is 33.2 Å². The van der Waals surface area contributed by atoms with Gasteiger partial charge in [-0.3, -0.25) is 9.10 Å². The van der Waals surface area contributed by atoms with E-state index < -0.39 is 10.0 Å². The second-order valence-electron chi connectivity index (χ2n) is 5.66. The van der Waals surface area contributed by atoms with E-state index in [0.29, 0.717) is 22.8 Å². The maximum atomic E-state index is 12.1. The molecule has 0 spiro atoms. The van der Waals surface area contributed by atoms with Crippen LogP contribution in [0.3, 0.4) is 0 Å². The molecule has 0 unspecified atom stereocenters. The second-order valence-corrected chi connectivity index (χ2v) is 7.97. The Morgan fingerprint density at radius 1 is 1.30 bits per heavy atom. The van der Waals surface area contributed by atoms with Crippen molar-refractivity contribution in [3.8, 4) is 0 Å². The van der Waals surface area contributed by atoms with Crippen LogP contribution in [0, 0.1) is 6.92 Å². The molecule has 0 aliphatic rings. The molecule has 1 rings (SSSR count). The predicted octanol–water partition coefficient (Wildman–Crippen LogP) is 1.48. The number of halogens is 1. The number of amides is 1. The number of hydrogen-bond donors (Lipinski definition) is 1. The minimum atomic E-state index is -3.59. The van der Waals surface area contributed by atoms with Gasteiger partial charge >= 0.3 is 0 Å². The van der Waals surface area contributed by atoms with Crippen molar-refractivity contribution in [1.82, 2.24) is 10.2 Å². The molecule has 0 saturated carbocycles. The molecule has 0 fully saturated rings. The molecule has 0 atom stereocenters. The van der Waals surface area contributed by atoms with Gasteiger partial charge in [-0.2, -0.15) is 0 Å². The summed E-state index contributed by atoms with van der Waals surface area (Å²) in [7, 11) is 0.316. The lowest BCUT2D eigenvalue weighted by Gasteiger charge is -2.24. The molecule has 0 radical (unpaired) electrons. The molecule has 130 valence electrons. The Morgan fingerprint density at radius 2 is 1.96 bits per heavy atom. The molecule has 8 heteroatoms. The fraction of sp³-hybridized carbons (Fsp3) is 0.533. The first-order chi connectivity index (χ1) is 10.6. The van der Waals surface area contributed by atoms with E-state index in [1.54, 1.807) is 25.1 Å². The number of nitrogens with zero attached hydrogens (tertiary/aromatic N) is 2. The lowest BCUT2D eigenvalue weighted by molar-refractivity contribution is -0.119. The van der Waals surface area contributed by atoms with Crippen LogP contribution in [0.5, 0.6) is 0 Å². The van der Waals surface area contributed by atoms with E-state index in [0.717, 1.165) is 23.5 Å². The number of nitrogens with one attached hydrogen (secondary N) is 1. The van der Waals surface area contributed by atoms with Gasteiger partial charge in [-0.1, -0.05) is 17.7 Å². The highest BCUT2D eigenvalue weighted by Gasteiger charge is 2.22. The maximum Gasteiger partial charge on any atom is 0.240 e. The van der Waals surface area contributed by atoms with Gasteiger partial charge < -0.3 is 10.2 Å². The molecule has 1 aromatic rings. The van der Waals surface area contributed by atoms with Crippen LogP contribution in [0.4, 0.5) is 5.69 Å². The minimum absolute atomic E-state index is 0.262.